The summed E-state index contributed by atoms with van der Waals surface area (Å²) in [5.41, 5.74) is 1.86. The smallest absolute Gasteiger partial charge is 0.166 e. The molecule has 1 aliphatic carbocycles. The number of nitrogens with zero attached hydrogens (tertiary/aromatic N) is 2. The second-order valence-corrected chi connectivity index (χ2v) is 4.60. The largest absolute Gasteiger partial charge is 0.294 e. The number of carbonyl (C=O) groups is 1. The minimum absolute atomic E-state index is 0.0818. The van der Waals surface area contributed by atoms with Gasteiger partial charge in [-0.1, -0.05) is 13.8 Å². The number of fused-ring (bicyclic) bond motifs is 1. The van der Waals surface area contributed by atoms with E-state index in [9.17, 15) is 4.79 Å². The average molecular weight is 178 g/mol. The van der Waals surface area contributed by atoms with Crippen LogP contribution in [0.2, 0.25) is 0 Å². The Kier molecular flexibility index (Phi) is 1.59. The van der Waals surface area contributed by atoms with Crippen LogP contribution < -0.4 is 0 Å². The maximum Gasteiger partial charge on any atom is 0.166 e. The van der Waals surface area contributed by atoms with Crippen molar-refractivity contribution in [2.75, 3.05) is 0 Å². The molecule has 0 atom stereocenters. The number of hydrogen-bond donors (Lipinski definition) is 0. The van der Waals surface area contributed by atoms with Crippen LogP contribution in [0.3, 0.4) is 0 Å². The van der Waals surface area contributed by atoms with Crippen LogP contribution in [0, 0.1) is 5.41 Å². The number of carbonyl (C=O) groups excluding carboxylic acids is 1. The molecule has 13 heavy (non-hydrogen) atoms. The van der Waals surface area contributed by atoms with Crippen LogP contribution >= 0.6 is 0 Å². The molecule has 0 aliphatic heterocycles. The maximum absolute atomic E-state index is 11.7. The topological polar surface area (TPSA) is 34.9 Å². The molecule has 0 N–H and O–H groups in total. The van der Waals surface area contributed by atoms with E-state index in [1.807, 2.05) is 13.2 Å². The molecule has 3 nitrogen and oxygen atoms in total. The minimum Gasteiger partial charge on any atom is -0.294 e. The number of hydrogen-bond acceptors (Lipinski definition) is 2. The molecule has 0 spiro atoms. The first-order valence-electron chi connectivity index (χ1n) is 4.54. The number of aromatic nitrogens is 2. The Bertz CT molecular complexity index is 363. The Morgan fingerprint density at radius 1 is 1.46 bits per heavy atom. The summed E-state index contributed by atoms with van der Waals surface area (Å²) < 4.78 is 1.73. The Morgan fingerprint density at radius 3 is 2.85 bits per heavy atom. The molecule has 0 radical (unpaired) electrons. The lowest BCUT2D eigenvalue weighted by molar-refractivity contribution is 0.0912. The molecule has 1 aliphatic rings. The molecule has 0 saturated carbocycles. The summed E-state index contributed by atoms with van der Waals surface area (Å²) in [6, 6.07) is 0. The van der Waals surface area contributed by atoms with E-state index >= 15 is 0 Å². The van der Waals surface area contributed by atoms with Gasteiger partial charge in [0.2, 0.25) is 0 Å². The highest BCUT2D eigenvalue weighted by Gasteiger charge is 2.32. The highest BCUT2D eigenvalue weighted by atomic mass is 16.1. The molecule has 70 valence electrons. The highest BCUT2D eigenvalue weighted by Crippen LogP contribution is 2.33. The van der Waals surface area contributed by atoms with Gasteiger partial charge in [0.05, 0.1) is 11.3 Å². The normalized spacial score (nSPS) is 20.1. The summed E-state index contributed by atoms with van der Waals surface area (Å²) in [7, 11) is 1.86. The third kappa shape index (κ3) is 1.39. The first-order valence-corrected chi connectivity index (χ1v) is 4.54. The number of rotatable bonds is 0. The molecular weight excluding hydrogens is 164 g/mol. The maximum atomic E-state index is 11.7. The Morgan fingerprint density at radius 2 is 2.15 bits per heavy atom. The molecule has 1 heterocycles. The zero-order valence-corrected chi connectivity index (χ0v) is 8.29. The molecule has 1 aromatic heterocycles. The predicted molar refractivity (Wildman–Crippen MR) is 49.6 cm³/mol. The molecule has 0 unspecified atom stereocenters. The Hall–Kier alpha value is -1.12. The van der Waals surface area contributed by atoms with Crippen LogP contribution in [0.4, 0.5) is 0 Å². The van der Waals surface area contributed by atoms with Crippen LogP contribution in [0.1, 0.15) is 36.3 Å². The number of ketones is 1. The van der Waals surface area contributed by atoms with Crippen molar-refractivity contribution in [3.8, 4) is 0 Å². The Labute approximate surface area is 77.7 Å². The van der Waals surface area contributed by atoms with Crippen LogP contribution in [-0.2, 0) is 13.5 Å². The summed E-state index contributed by atoms with van der Waals surface area (Å²) >= 11 is 0. The van der Waals surface area contributed by atoms with Crippen LogP contribution in [0.5, 0.6) is 0 Å². The predicted octanol–water partition coefficient (Wildman–Crippen LogP) is 1.58. The molecule has 3 heteroatoms. The fraction of sp³-hybridized carbons (Fsp3) is 0.600. The fourth-order valence-corrected chi connectivity index (χ4v) is 1.94. The van der Waals surface area contributed by atoms with Crippen molar-refractivity contribution in [3.05, 3.63) is 17.5 Å². The summed E-state index contributed by atoms with van der Waals surface area (Å²) in [4.78, 5) is 11.7. The average Bonchev–Trinajstić information content (AvgIpc) is 2.27. The van der Waals surface area contributed by atoms with Crippen LogP contribution in [0.15, 0.2) is 6.20 Å². The van der Waals surface area contributed by atoms with Crippen molar-refractivity contribution in [3.63, 3.8) is 0 Å². The van der Waals surface area contributed by atoms with Gasteiger partial charge >= 0.3 is 0 Å². The first kappa shape index (κ1) is 8.48. The number of Topliss-reactive ketones (excluding diaryl/α,β-unsaturated/α-hetero) is 1. The van der Waals surface area contributed by atoms with Gasteiger partial charge in [-0.05, 0) is 11.8 Å². The van der Waals surface area contributed by atoms with E-state index in [1.165, 1.54) is 0 Å². The SMILES string of the molecule is Cn1cc2c(n1)CC(C)(C)CC2=O. The van der Waals surface area contributed by atoms with Crippen molar-refractivity contribution < 1.29 is 4.79 Å². The fourth-order valence-electron chi connectivity index (χ4n) is 1.94. The molecule has 2 rings (SSSR count). The molecule has 0 saturated heterocycles. The van der Waals surface area contributed by atoms with E-state index in [1.54, 1.807) is 4.68 Å². The van der Waals surface area contributed by atoms with E-state index in [4.69, 9.17) is 0 Å². The molecule has 0 fully saturated rings. The lowest BCUT2D eigenvalue weighted by Gasteiger charge is -2.26. The van der Waals surface area contributed by atoms with Crippen LogP contribution in [0.25, 0.3) is 0 Å². The van der Waals surface area contributed by atoms with Gasteiger partial charge in [-0.15, -0.1) is 0 Å². The summed E-state index contributed by atoms with van der Waals surface area (Å²) in [5.74, 6) is 0.236. The lowest BCUT2D eigenvalue weighted by Crippen LogP contribution is -2.26. The third-order valence-corrected chi connectivity index (χ3v) is 2.49. The van der Waals surface area contributed by atoms with Crippen LogP contribution in [-0.4, -0.2) is 15.6 Å². The van der Waals surface area contributed by atoms with E-state index < -0.39 is 0 Å². The summed E-state index contributed by atoms with van der Waals surface area (Å²) in [6.45, 7) is 4.23. The second-order valence-electron chi connectivity index (χ2n) is 4.60. The van der Waals surface area contributed by atoms with Gasteiger partial charge in [0.25, 0.3) is 0 Å². The van der Waals surface area contributed by atoms with Gasteiger partial charge < -0.3 is 0 Å². The quantitative estimate of drug-likeness (QED) is 0.604. The minimum atomic E-state index is 0.0818. The molecule has 0 bridgehead atoms. The number of aryl methyl sites for hydroxylation is 1. The van der Waals surface area contributed by atoms with E-state index in [0.717, 1.165) is 17.7 Å². The van der Waals surface area contributed by atoms with E-state index in [-0.39, 0.29) is 11.2 Å². The van der Waals surface area contributed by atoms with E-state index in [0.29, 0.717) is 6.42 Å². The third-order valence-electron chi connectivity index (χ3n) is 2.49. The van der Waals surface area contributed by atoms with Gasteiger partial charge in [-0.25, -0.2) is 0 Å². The molecular formula is C10H14N2O. The molecule has 0 amide bonds. The van der Waals surface area contributed by atoms with Crippen molar-refractivity contribution in [1.29, 1.82) is 0 Å². The summed E-state index contributed by atoms with van der Waals surface area (Å²) in [6.07, 6.45) is 3.38. The highest BCUT2D eigenvalue weighted by molar-refractivity contribution is 5.98. The van der Waals surface area contributed by atoms with Crippen molar-refractivity contribution in [2.45, 2.75) is 26.7 Å². The zero-order valence-electron chi connectivity index (χ0n) is 8.29. The molecule has 1 aromatic rings. The van der Waals surface area contributed by atoms with Crippen molar-refractivity contribution in [2.24, 2.45) is 12.5 Å². The van der Waals surface area contributed by atoms with Gasteiger partial charge in [0, 0.05) is 19.7 Å². The summed E-state index contributed by atoms with van der Waals surface area (Å²) in [5, 5.41) is 4.29. The lowest BCUT2D eigenvalue weighted by atomic mass is 9.76. The van der Waals surface area contributed by atoms with Crippen molar-refractivity contribution in [1.82, 2.24) is 9.78 Å². The van der Waals surface area contributed by atoms with E-state index in [2.05, 4.69) is 18.9 Å². The standard InChI is InChI=1S/C10H14N2O/c1-10(2)4-8-7(9(13)5-10)6-12(3)11-8/h6H,4-5H2,1-3H3. The van der Waals surface area contributed by atoms with Gasteiger partial charge in [-0.2, -0.15) is 5.10 Å². The first-order chi connectivity index (χ1) is 5.98. The monoisotopic (exact) mass is 178 g/mol. The second kappa shape index (κ2) is 2.44. The van der Waals surface area contributed by atoms with Crippen molar-refractivity contribution >= 4 is 5.78 Å². The van der Waals surface area contributed by atoms with Gasteiger partial charge in [0.1, 0.15) is 0 Å². The zero-order chi connectivity index (χ0) is 9.64. The van der Waals surface area contributed by atoms with Gasteiger partial charge in [-0.3, -0.25) is 9.48 Å². The molecule has 0 aromatic carbocycles. The van der Waals surface area contributed by atoms with Gasteiger partial charge in [0.15, 0.2) is 5.78 Å². The Balaban J connectivity index is 2.48.